The van der Waals surface area contributed by atoms with E-state index in [1.165, 1.54) is 12.4 Å². The molecule has 1 aliphatic heterocycles. The summed E-state index contributed by atoms with van der Waals surface area (Å²) in [4.78, 5) is 30.6. The number of carboxylic acids is 1. The molecule has 0 radical (unpaired) electrons. The molecule has 0 amide bonds. The molecule has 0 saturated carbocycles. The van der Waals surface area contributed by atoms with E-state index in [1.54, 1.807) is 16.7 Å². The van der Waals surface area contributed by atoms with Gasteiger partial charge in [-0.3, -0.25) is 9.78 Å². The number of aromatic nitrogens is 2. The number of aromatic carboxylic acids is 1. The van der Waals surface area contributed by atoms with Crippen LogP contribution >= 0.6 is 0 Å². The average molecular weight is 383 g/mol. The molecule has 0 unspecified atom stereocenters. The van der Waals surface area contributed by atoms with Gasteiger partial charge in [-0.2, -0.15) is 0 Å². The Kier molecular flexibility index (Phi) is 4.14. The Morgan fingerprint density at radius 3 is 2.71 bits per heavy atom. The summed E-state index contributed by atoms with van der Waals surface area (Å²) >= 11 is 0. The van der Waals surface area contributed by atoms with E-state index in [2.05, 4.69) is 18.8 Å². The molecule has 1 fully saturated rings. The Morgan fingerprint density at radius 2 is 2.11 bits per heavy atom. The van der Waals surface area contributed by atoms with Crippen LogP contribution in [0.25, 0.3) is 21.8 Å². The predicted octanol–water partition coefficient (Wildman–Crippen LogP) is 3.64. The topological polar surface area (TPSA) is 75.4 Å². The van der Waals surface area contributed by atoms with Gasteiger partial charge < -0.3 is 14.6 Å². The molecule has 1 saturated heterocycles. The van der Waals surface area contributed by atoms with Crippen LogP contribution in [-0.4, -0.2) is 33.7 Å². The van der Waals surface area contributed by atoms with Crippen molar-refractivity contribution >= 4 is 33.5 Å². The highest BCUT2D eigenvalue weighted by atomic mass is 19.1. The van der Waals surface area contributed by atoms with E-state index in [0.717, 1.165) is 19.5 Å². The van der Waals surface area contributed by atoms with Crippen molar-refractivity contribution in [2.75, 3.05) is 18.0 Å². The molecule has 0 bridgehead atoms. The molecular formula is C21H22FN3O3. The Morgan fingerprint density at radius 1 is 1.36 bits per heavy atom. The summed E-state index contributed by atoms with van der Waals surface area (Å²) in [6.07, 6.45) is 3.74. The van der Waals surface area contributed by atoms with Crippen LogP contribution in [0.2, 0.25) is 0 Å². The van der Waals surface area contributed by atoms with Crippen LogP contribution in [0.15, 0.2) is 29.3 Å². The fraction of sp³-hybridized carbons (Fsp3) is 0.381. The molecule has 6 nitrogen and oxygen atoms in total. The molecule has 4 rings (SSSR count). The van der Waals surface area contributed by atoms with Crippen LogP contribution in [0.5, 0.6) is 0 Å². The highest BCUT2D eigenvalue weighted by Gasteiger charge is 2.31. The molecule has 1 N–H and O–H groups in total. The lowest BCUT2D eigenvalue weighted by atomic mass is 9.93. The first-order valence-corrected chi connectivity index (χ1v) is 9.36. The van der Waals surface area contributed by atoms with Crippen LogP contribution < -0.4 is 10.3 Å². The van der Waals surface area contributed by atoms with E-state index < -0.39 is 17.2 Å². The lowest BCUT2D eigenvalue weighted by Crippen LogP contribution is -2.24. The first-order valence-electron chi connectivity index (χ1n) is 9.36. The van der Waals surface area contributed by atoms with Gasteiger partial charge >= 0.3 is 5.97 Å². The molecule has 146 valence electrons. The number of pyridine rings is 2. The largest absolute Gasteiger partial charge is 0.477 e. The summed E-state index contributed by atoms with van der Waals surface area (Å²) in [5.41, 5.74) is 0.233. The zero-order valence-electron chi connectivity index (χ0n) is 16.1. The van der Waals surface area contributed by atoms with E-state index in [1.807, 2.05) is 11.8 Å². The average Bonchev–Trinajstić information content (AvgIpc) is 3.01. The van der Waals surface area contributed by atoms with Crippen molar-refractivity contribution in [2.45, 2.75) is 33.7 Å². The van der Waals surface area contributed by atoms with Crippen LogP contribution in [-0.2, 0) is 6.54 Å². The molecule has 3 aromatic rings. The molecule has 1 aromatic carbocycles. The first-order chi connectivity index (χ1) is 13.2. The van der Waals surface area contributed by atoms with E-state index in [9.17, 15) is 14.7 Å². The molecule has 1 aliphatic rings. The van der Waals surface area contributed by atoms with Crippen LogP contribution in [0, 0.1) is 11.2 Å². The zero-order valence-corrected chi connectivity index (χ0v) is 16.1. The minimum absolute atomic E-state index is 0.0944. The lowest BCUT2D eigenvalue weighted by Gasteiger charge is -2.22. The third-order valence-electron chi connectivity index (χ3n) is 5.59. The number of nitrogens with zero attached hydrogens (tertiary/aromatic N) is 3. The van der Waals surface area contributed by atoms with Crippen molar-refractivity contribution in [3.63, 3.8) is 0 Å². The van der Waals surface area contributed by atoms with Gasteiger partial charge in [-0.05, 0) is 30.9 Å². The Balaban J connectivity index is 2.01. The second kappa shape index (κ2) is 6.29. The number of fused-ring (bicyclic) bond motifs is 3. The van der Waals surface area contributed by atoms with Gasteiger partial charge in [-0.15, -0.1) is 0 Å². The first kappa shape index (κ1) is 18.4. The van der Waals surface area contributed by atoms with Crippen molar-refractivity contribution in [3.8, 4) is 0 Å². The molecule has 0 atom stereocenters. The number of halogens is 1. The summed E-state index contributed by atoms with van der Waals surface area (Å²) in [7, 11) is 0. The third-order valence-corrected chi connectivity index (χ3v) is 5.59. The summed E-state index contributed by atoms with van der Waals surface area (Å²) in [6, 6.07) is 3.35. The van der Waals surface area contributed by atoms with Gasteiger partial charge in [-0.1, -0.05) is 13.8 Å². The fourth-order valence-electron chi connectivity index (χ4n) is 4.06. The van der Waals surface area contributed by atoms with Crippen molar-refractivity contribution in [1.82, 2.24) is 9.55 Å². The van der Waals surface area contributed by atoms with Crippen LogP contribution in [0.1, 0.15) is 37.6 Å². The summed E-state index contributed by atoms with van der Waals surface area (Å²) in [5.74, 6) is -1.77. The highest BCUT2D eigenvalue weighted by molar-refractivity contribution is 6.07. The summed E-state index contributed by atoms with van der Waals surface area (Å²) < 4.78 is 17.0. The summed E-state index contributed by atoms with van der Waals surface area (Å²) in [5, 5.41) is 9.93. The number of aryl methyl sites for hydroxylation is 1. The highest BCUT2D eigenvalue weighted by Crippen LogP contribution is 2.36. The number of hydrogen-bond donors (Lipinski definition) is 1. The van der Waals surface area contributed by atoms with Crippen LogP contribution in [0.4, 0.5) is 10.1 Å². The molecule has 7 heteroatoms. The molecule has 0 aliphatic carbocycles. The van der Waals surface area contributed by atoms with Gasteiger partial charge in [0.05, 0.1) is 22.8 Å². The second-order valence-corrected chi connectivity index (χ2v) is 8.11. The number of rotatable bonds is 3. The number of carbonyl (C=O) groups is 1. The molecule has 0 spiro atoms. The Hall–Kier alpha value is -2.96. The summed E-state index contributed by atoms with van der Waals surface area (Å²) in [6.45, 7) is 8.12. The molecule has 2 aromatic heterocycles. The smallest absolute Gasteiger partial charge is 0.341 e. The second-order valence-electron chi connectivity index (χ2n) is 8.11. The predicted molar refractivity (Wildman–Crippen MR) is 107 cm³/mol. The van der Waals surface area contributed by atoms with Gasteiger partial charge in [0.1, 0.15) is 11.1 Å². The quantitative estimate of drug-likeness (QED) is 0.699. The van der Waals surface area contributed by atoms with Crippen LogP contribution in [0.3, 0.4) is 0 Å². The third kappa shape index (κ3) is 2.73. The van der Waals surface area contributed by atoms with Crippen molar-refractivity contribution in [2.24, 2.45) is 5.41 Å². The lowest BCUT2D eigenvalue weighted by molar-refractivity contribution is 0.0695. The maximum absolute atomic E-state index is 15.3. The Labute approximate surface area is 161 Å². The van der Waals surface area contributed by atoms with E-state index >= 15 is 4.39 Å². The SMILES string of the molecule is CCn1cc(C(=O)O)c(=O)c2c3ccc(N4CCC(C)(C)C4)c(F)c3ncc21. The van der Waals surface area contributed by atoms with Crippen molar-refractivity contribution < 1.29 is 14.3 Å². The van der Waals surface area contributed by atoms with Gasteiger partial charge in [0.25, 0.3) is 0 Å². The van der Waals surface area contributed by atoms with Crippen molar-refractivity contribution in [3.05, 3.63) is 46.1 Å². The van der Waals surface area contributed by atoms with Gasteiger partial charge in [0.2, 0.25) is 5.43 Å². The fourth-order valence-corrected chi connectivity index (χ4v) is 4.06. The monoisotopic (exact) mass is 383 g/mol. The minimum atomic E-state index is -1.30. The van der Waals surface area contributed by atoms with Gasteiger partial charge in [-0.25, -0.2) is 9.18 Å². The van der Waals surface area contributed by atoms with Crippen molar-refractivity contribution in [1.29, 1.82) is 0 Å². The number of benzene rings is 1. The maximum atomic E-state index is 15.3. The van der Waals surface area contributed by atoms with Gasteiger partial charge in [0.15, 0.2) is 5.82 Å². The van der Waals surface area contributed by atoms with Gasteiger partial charge in [0, 0.05) is 31.2 Å². The standard InChI is InChI=1S/C21H22FN3O3/c1-4-24-10-13(20(27)28)19(26)16-12-5-6-14(25-8-7-21(2,3)11-25)17(22)18(12)23-9-15(16)24/h5-6,9-10H,4,7-8,11H2,1-3H3,(H,27,28). The number of carboxylic acid groups (broad SMARTS) is 1. The zero-order chi connectivity index (χ0) is 20.2. The number of anilines is 1. The maximum Gasteiger partial charge on any atom is 0.341 e. The normalized spacial score (nSPS) is 16.2. The minimum Gasteiger partial charge on any atom is -0.477 e. The Bertz CT molecular complexity index is 1180. The molecule has 3 heterocycles. The van der Waals surface area contributed by atoms with E-state index in [0.29, 0.717) is 23.1 Å². The molecular weight excluding hydrogens is 361 g/mol. The van der Waals surface area contributed by atoms with E-state index in [4.69, 9.17) is 0 Å². The van der Waals surface area contributed by atoms with E-state index in [-0.39, 0.29) is 21.9 Å². The molecule has 28 heavy (non-hydrogen) atoms. The number of hydrogen-bond acceptors (Lipinski definition) is 4.